The first-order chi connectivity index (χ1) is 11.7. The number of ether oxygens (including phenoxy) is 1. The molecule has 0 aliphatic carbocycles. The van der Waals surface area contributed by atoms with Gasteiger partial charge in [-0.25, -0.2) is 0 Å². The van der Waals surface area contributed by atoms with E-state index in [1.807, 2.05) is 25.1 Å². The average molecular weight is 327 g/mol. The fraction of sp³-hybridized carbons (Fsp3) is 0.444. The van der Waals surface area contributed by atoms with Crippen molar-refractivity contribution in [3.63, 3.8) is 0 Å². The summed E-state index contributed by atoms with van der Waals surface area (Å²) in [6.07, 6.45) is 2.50. The number of aromatic nitrogens is 1. The third-order valence-corrected chi connectivity index (χ3v) is 4.67. The van der Waals surface area contributed by atoms with E-state index in [1.165, 1.54) is 12.8 Å². The summed E-state index contributed by atoms with van der Waals surface area (Å²) < 4.78 is 11.2. The van der Waals surface area contributed by atoms with Crippen molar-refractivity contribution in [3.8, 4) is 17.1 Å². The van der Waals surface area contributed by atoms with Crippen LogP contribution in [0.5, 0.6) is 5.75 Å². The Morgan fingerprint density at radius 3 is 3.00 bits per heavy atom. The molecule has 126 valence electrons. The van der Waals surface area contributed by atoms with Gasteiger partial charge in [0, 0.05) is 13.1 Å². The molecule has 2 aliphatic rings. The van der Waals surface area contributed by atoms with E-state index in [-0.39, 0.29) is 5.91 Å². The number of nitrogens with zero attached hydrogens (tertiary/aromatic N) is 2. The molecule has 1 fully saturated rings. The Bertz CT molecular complexity index is 763. The highest BCUT2D eigenvalue weighted by molar-refractivity contribution is 5.95. The second-order valence-corrected chi connectivity index (χ2v) is 6.43. The largest absolute Gasteiger partial charge is 0.488 e. The normalized spacial score (nSPS) is 16.4. The Balaban J connectivity index is 1.48. The maximum Gasteiger partial charge on any atom is 0.273 e. The standard InChI is InChI=1S/C18H21N3O3/c1-12-4-5-15-13(10-12)17-14(11-23-15)16(20-24-17)18(22)19-6-9-21-7-2-3-8-21/h4-5,10H,2-3,6-9,11H2,1H3,(H,19,22). The van der Waals surface area contributed by atoms with Gasteiger partial charge in [-0.15, -0.1) is 0 Å². The summed E-state index contributed by atoms with van der Waals surface area (Å²) in [5.41, 5.74) is 3.03. The minimum absolute atomic E-state index is 0.195. The molecule has 0 radical (unpaired) electrons. The van der Waals surface area contributed by atoms with Crippen LogP contribution in [0.25, 0.3) is 11.3 Å². The van der Waals surface area contributed by atoms with Crippen LogP contribution in [-0.2, 0) is 6.61 Å². The Hall–Kier alpha value is -2.34. The topological polar surface area (TPSA) is 67.6 Å². The van der Waals surface area contributed by atoms with Crippen molar-refractivity contribution in [3.05, 3.63) is 35.0 Å². The van der Waals surface area contributed by atoms with Crippen molar-refractivity contribution in [2.75, 3.05) is 26.2 Å². The summed E-state index contributed by atoms with van der Waals surface area (Å²) in [5, 5.41) is 6.93. The van der Waals surface area contributed by atoms with Crippen LogP contribution in [0.15, 0.2) is 22.7 Å². The average Bonchev–Trinajstić information content (AvgIpc) is 3.24. The van der Waals surface area contributed by atoms with Crippen LogP contribution in [0, 0.1) is 6.92 Å². The number of aryl methyl sites for hydroxylation is 1. The Morgan fingerprint density at radius 2 is 2.17 bits per heavy atom. The minimum Gasteiger partial charge on any atom is -0.488 e. The lowest BCUT2D eigenvalue weighted by atomic mass is 10.0. The van der Waals surface area contributed by atoms with Gasteiger partial charge in [0.2, 0.25) is 0 Å². The Morgan fingerprint density at radius 1 is 1.33 bits per heavy atom. The summed E-state index contributed by atoms with van der Waals surface area (Å²) in [6.45, 7) is 6.07. The third-order valence-electron chi connectivity index (χ3n) is 4.67. The van der Waals surface area contributed by atoms with E-state index in [4.69, 9.17) is 9.26 Å². The van der Waals surface area contributed by atoms with Crippen molar-refractivity contribution in [2.24, 2.45) is 0 Å². The molecule has 0 bridgehead atoms. The van der Waals surface area contributed by atoms with Crippen LogP contribution in [0.1, 0.15) is 34.5 Å². The number of carbonyl (C=O) groups is 1. The molecular weight excluding hydrogens is 306 g/mol. The zero-order valence-corrected chi connectivity index (χ0v) is 13.8. The molecule has 3 heterocycles. The van der Waals surface area contributed by atoms with Gasteiger partial charge in [-0.2, -0.15) is 0 Å². The van der Waals surface area contributed by atoms with Crippen molar-refractivity contribution in [1.29, 1.82) is 0 Å². The highest BCUT2D eigenvalue weighted by atomic mass is 16.5. The van der Waals surface area contributed by atoms with Crippen molar-refractivity contribution >= 4 is 5.91 Å². The minimum atomic E-state index is -0.195. The van der Waals surface area contributed by atoms with Gasteiger partial charge in [0.25, 0.3) is 5.91 Å². The molecule has 0 spiro atoms. The van der Waals surface area contributed by atoms with Crippen LogP contribution in [0.4, 0.5) is 0 Å². The maximum atomic E-state index is 12.4. The summed E-state index contributed by atoms with van der Waals surface area (Å²) >= 11 is 0. The number of amides is 1. The summed E-state index contributed by atoms with van der Waals surface area (Å²) in [6, 6.07) is 5.91. The van der Waals surface area contributed by atoms with E-state index in [0.717, 1.165) is 42.1 Å². The first kappa shape index (κ1) is 15.2. The molecular formula is C18H21N3O3. The van der Waals surface area contributed by atoms with E-state index in [1.54, 1.807) is 0 Å². The lowest BCUT2D eigenvalue weighted by molar-refractivity contribution is 0.0938. The van der Waals surface area contributed by atoms with Crippen LogP contribution >= 0.6 is 0 Å². The number of carbonyl (C=O) groups excluding carboxylic acids is 1. The van der Waals surface area contributed by atoms with Crippen LogP contribution < -0.4 is 10.1 Å². The molecule has 6 nitrogen and oxygen atoms in total. The lowest BCUT2D eigenvalue weighted by Gasteiger charge is -2.17. The second kappa shape index (κ2) is 6.28. The number of nitrogens with one attached hydrogen (secondary N) is 1. The van der Waals surface area contributed by atoms with Gasteiger partial charge in [-0.1, -0.05) is 16.8 Å². The van der Waals surface area contributed by atoms with E-state index in [2.05, 4.69) is 15.4 Å². The van der Waals surface area contributed by atoms with E-state index in [0.29, 0.717) is 24.6 Å². The molecule has 1 aromatic carbocycles. The highest BCUT2D eigenvalue weighted by Crippen LogP contribution is 2.39. The molecule has 6 heteroatoms. The smallest absolute Gasteiger partial charge is 0.273 e. The summed E-state index contributed by atoms with van der Waals surface area (Å²) in [4.78, 5) is 14.8. The Kier molecular flexibility index (Phi) is 3.98. The predicted molar refractivity (Wildman–Crippen MR) is 89.0 cm³/mol. The van der Waals surface area contributed by atoms with Gasteiger partial charge < -0.3 is 19.5 Å². The van der Waals surface area contributed by atoms with E-state index in [9.17, 15) is 4.79 Å². The molecule has 1 aromatic heterocycles. The van der Waals surface area contributed by atoms with E-state index >= 15 is 0 Å². The number of rotatable bonds is 4. The van der Waals surface area contributed by atoms with Crippen LogP contribution in [0.2, 0.25) is 0 Å². The Labute approximate surface area is 140 Å². The fourth-order valence-electron chi connectivity index (χ4n) is 3.35. The van der Waals surface area contributed by atoms with E-state index < -0.39 is 0 Å². The van der Waals surface area contributed by atoms with Crippen LogP contribution in [0.3, 0.4) is 0 Å². The molecule has 24 heavy (non-hydrogen) atoms. The molecule has 0 atom stereocenters. The van der Waals surface area contributed by atoms with Gasteiger partial charge in [0.15, 0.2) is 11.5 Å². The number of hydrogen-bond donors (Lipinski definition) is 1. The van der Waals surface area contributed by atoms with Gasteiger partial charge in [0.1, 0.15) is 12.4 Å². The number of benzene rings is 1. The zero-order valence-electron chi connectivity index (χ0n) is 13.8. The highest BCUT2D eigenvalue weighted by Gasteiger charge is 2.28. The monoisotopic (exact) mass is 327 g/mol. The molecule has 2 aliphatic heterocycles. The van der Waals surface area contributed by atoms with Gasteiger partial charge >= 0.3 is 0 Å². The van der Waals surface area contributed by atoms with Crippen LogP contribution in [-0.4, -0.2) is 42.1 Å². The number of fused-ring (bicyclic) bond motifs is 3. The molecule has 0 saturated carbocycles. The first-order valence-electron chi connectivity index (χ1n) is 8.45. The molecule has 1 saturated heterocycles. The fourth-order valence-corrected chi connectivity index (χ4v) is 3.35. The zero-order chi connectivity index (χ0) is 16.5. The van der Waals surface area contributed by atoms with Gasteiger partial charge in [-0.05, 0) is 45.0 Å². The number of likely N-dealkylation sites (tertiary alicyclic amines) is 1. The van der Waals surface area contributed by atoms with Gasteiger partial charge in [-0.3, -0.25) is 4.79 Å². The van der Waals surface area contributed by atoms with Crippen molar-refractivity contribution < 1.29 is 14.1 Å². The summed E-state index contributed by atoms with van der Waals surface area (Å²) in [5.74, 6) is 1.22. The number of hydrogen-bond acceptors (Lipinski definition) is 5. The lowest BCUT2D eigenvalue weighted by Crippen LogP contribution is -2.34. The first-order valence-corrected chi connectivity index (χ1v) is 8.45. The molecule has 1 N–H and O–H groups in total. The molecule has 2 aromatic rings. The quantitative estimate of drug-likeness (QED) is 0.934. The molecule has 0 unspecified atom stereocenters. The van der Waals surface area contributed by atoms with Gasteiger partial charge in [0.05, 0.1) is 11.1 Å². The summed E-state index contributed by atoms with van der Waals surface area (Å²) in [7, 11) is 0. The second-order valence-electron chi connectivity index (χ2n) is 6.43. The third kappa shape index (κ3) is 2.78. The van der Waals surface area contributed by atoms with Crippen molar-refractivity contribution in [2.45, 2.75) is 26.4 Å². The SMILES string of the molecule is Cc1ccc2c(c1)-c1onc(C(=O)NCCN3CCCC3)c1CO2. The molecule has 1 amide bonds. The predicted octanol–water partition coefficient (Wildman–Crippen LogP) is 2.37. The maximum absolute atomic E-state index is 12.4. The molecule has 4 rings (SSSR count). The van der Waals surface area contributed by atoms with Crippen molar-refractivity contribution in [1.82, 2.24) is 15.4 Å².